The number of benzene rings is 1. The zero-order valence-corrected chi connectivity index (χ0v) is 13.5. The summed E-state index contributed by atoms with van der Waals surface area (Å²) in [5.74, 6) is -0.837. The van der Waals surface area contributed by atoms with Gasteiger partial charge in [0.2, 0.25) is 11.8 Å². The van der Waals surface area contributed by atoms with E-state index in [-0.39, 0.29) is 24.0 Å². The number of para-hydroxylation sites is 1. The van der Waals surface area contributed by atoms with Gasteiger partial charge in [-0.2, -0.15) is 5.26 Å². The fourth-order valence-corrected chi connectivity index (χ4v) is 4.17. The molecule has 1 aromatic carbocycles. The number of nitriles is 1. The zero-order valence-electron chi connectivity index (χ0n) is 12.7. The van der Waals surface area contributed by atoms with Crippen LogP contribution in [0.3, 0.4) is 0 Å². The van der Waals surface area contributed by atoms with E-state index in [0.29, 0.717) is 17.7 Å². The minimum Gasteiger partial charge on any atom is -0.351 e. The average Bonchev–Trinajstić information content (AvgIpc) is 2.83. The first-order valence-corrected chi connectivity index (χ1v) is 8.91. The Morgan fingerprint density at radius 2 is 2.09 bits per heavy atom. The van der Waals surface area contributed by atoms with Crippen LogP contribution in [0.15, 0.2) is 24.3 Å². The van der Waals surface area contributed by atoms with Crippen LogP contribution in [0.2, 0.25) is 0 Å². The highest BCUT2D eigenvalue weighted by Gasteiger charge is 2.29. The van der Waals surface area contributed by atoms with Gasteiger partial charge >= 0.3 is 0 Å². The molecule has 0 radical (unpaired) electrons. The first kappa shape index (κ1) is 17.0. The predicted octanol–water partition coefficient (Wildman–Crippen LogP) is 0.214. The van der Waals surface area contributed by atoms with Gasteiger partial charge in [-0.1, -0.05) is 12.1 Å². The Morgan fingerprint density at radius 1 is 1.39 bits per heavy atom. The molecule has 2 rings (SSSR count). The van der Waals surface area contributed by atoms with Crippen molar-refractivity contribution >= 4 is 27.3 Å². The third-order valence-electron chi connectivity index (χ3n) is 3.59. The number of nitrogens with one attached hydrogen (secondary N) is 1. The average molecular weight is 335 g/mol. The standard InChI is InChI=1S/C15H17N3O4S/c1-11(19)18(14-5-3-2-4-12(14)8-16)9-15(20)17-13-6-7-23(21,22)10-13/h2-5,13H,6-7,9-10H2,1H3,(H,17,20). The van der Waals surface area contributed by atoms with Crippen molar-refractivity contribution in [2.75, 3.05) is 23.0 Å². The van der Waals surface area contributed by atoms with Gasteiger partial charge in [-0.3, -0.25) is 9.59 Å². The van der Waals surface area contributed by atoms with E-state index in [2.05, 4.69) is 5.32 Å². The maximum Gasteiger partial charge on any atom is 0.240 e. The highest BCUT2D eigenvalue weighted by molar-refractivity contribution is 7.91. The SMILES string of the molecule is CC(=O)N(CC(=O)NC1CCS(=O)(=O)C1)c1ccccc1C#N. The highest BCUT2D eigenvalue weighted by Crippen LogP contribution is 2.19. The van der Waals surface area contributed by atoms with Crippen LogP contribution < -0.4 is 10.2 Å². The van der Waals surface area contributed by atoms with Crippen LogP contribution in [0.1, 0.15) is 18.9 Å². The van der Waals surface area contributed by atoms with Gasteiger partial charge in [-0.25, -0.2) is 8.42 Å². The molecule has 7 nitrogen and oxygen atoms in total. The number of amides is 2. The third kappa shape index (κ3) is 4.29. The molecule has 23 heavy (non-hydrogen) atoms. The molecule has 1 fully saturated rings. The van der Waals surface area contributed by atoms with Crippen molar-refractivity contribution in [1.82, 2.24) is 5.32 Å². The molecule has 1 N–H and O–H groups in total. The molecule has 1 atom stereocenters. The summed E-state index contributed by atoms with van der Waals surface area (Å²) in [6.45, 7) is 1.05. The van der Waals surface area contributed by atoms with Gasteiger partial charge in [0.1, 0.15) is 12.6 Å². The molecule has 0 spiro atoms. The monoisotopic (exact) mass is 335 g/mol. The van der Waals surface area contributed by atoms with Gasteiger partial charge in [-0.15, -0.1) is 0 Å². The Hall–Kier alpha value is -2.40. The summed E-state index contributed by atoms with van der Waals surface area (Å²) in [5.41, 5.74) is 0.649. The van der Waals surface area contributed by atoms with E-state index in [0.717, 1.165) is 0 Å². The molecule has 2 amide bonds. The third-order valence-corrected chi connectivity index (χ3v) is 5.36. The summed E-state index contributed by atoms with van der Waals surface area (Å²) in [4.78, 5) is 25.1. The van der Waals surface area contributed by atoms with Crippen LogP contribution in [0.5, 0.6) is 0 Å². The number of carbonyl (C=O) groups excluding carboxylic acids is 2. The summed E-state index contributed by atoms with van der Waals surface area (Å²) in [7, 11) is -3.09. The number of anilines is 1. The van der Waals surface area contributed by atoms with Crippen LogP contribution in [-0.4, -0.2) is 44.3 Å². The van der Waals surface area contributed by atoms with E-state index in [1.807, 2.05) is 6.07 Å². The van der Waals surface area contributed by atoms with Crippen LogP contribution in [0.4, 0.5) is 5.69 Å². The summed E-state index contributed by atoms with van der Waals surface area (Å²) in [6.07, 6.45) is 0.378. The number of rotatable bonds is 4. The minimum absolute atomic E-state index is 0.0611. The second kappa shape index (κ2) is 6.79. The van der Waals surface area contributed by atoms with E-state index < -0.39 is 21.8 Å². The van der Waals surface area contributed by atoms with Gasteiger partial charge in [-0.05, 0) is 18.6 Å². The van der Waals surface area contributed by atoms with Gasteiger partial charge in [0, 0.05) is 13.0 Å². The van der Waals surface area contributed by atoms with E-state index in [9.17, 15) is 18.0 Å². The molecule has 1 saturated heterocycles. The second-order valence-corrected chi connectivity index (χ2v) is 7.63. The Morgan fingerprint density at radius 3 is 2.65 bits per heavy atom. The lowest BCUT2D eigenvalue weighted by atomic mass is 10.1. The van der Waals surface area contributed by atoms with E-state index in [1.54, 1.807) is 24.3 Å². The molecule has 0 saturated carbocycles. The Kier molecular flexibility index (Phi) is 5.01. The summed E-state index contributed by atoms with van der Waals surface area (Å²) >= 11 is 0. The Bertz CT molecular complexity index is 767. The number of nitrogens with zero attached hydrogens (tertiary/aromatic N) is 2. The molecule has 1 aliphatic heterocycles. The van der Waals surface area contributed by atoms with Gasteiger partial charge in [0.25, 0.3) is 0 Å². The zero-order chi connectivity index (χ0) is 17.0. The number of sulfone groups is 1. The fourth-order valence-electron chi connectivity index (χ4n) is 2.50. The number of carbonyl (C=O) groups is 2. The van der Waals surface area contributed by atoms with Crippen molar-refractivity contribution in [3.8, 4) is 6.07 Å². The molecule has 1 aromatic rings. The van der Waals surface area contributed by atoms with Gasteiger partial charge < -0.3 is 10.2 Å². The molecule has 1 heterocycles. The predicted molar refractivity (Wildman–Crippen MR) is 84.4 cm³/mol. The van der Waals surface area contributed by atoms with Crippen LogP contribution >= 0.6 is 0 Å². The largest absolute Gasteiger partial charge is 0.351 e. The van der Waals surface area contributed by atoms with Crippen LogP contribution in [-0.2, 0) is 19.4 Å². The van der Waals surface area contributed by atoms with Crippen molar-refractivity contribution in [3.05, 3.63) is 29.8 Å². The maximum absolute atomic E-state index is 12.1. The smallest absolute Gasteiger partial charge is 0.240 e. The molecule has 0 aromatic heterocycles. The number of hydrogen-bond acceptors (Lipinski definition) is 5. The quantitative estimate of drug-likeness (QED) is 0.846. The molecule has 8 heteroatoms. The van der Waals surface area contributed by atoms with Gasteiger partial charge in [0.15, 0.2) is 9.84 Å². The molecule has 1 aliphatic rings. The lowest BCUT2D eigenvalue weighted by Crippen LogP contribution is -2.44. The summed E-state index contributed by atoms with van der Waals surface area (Å²) in [6, 6.07) is 8.06. The van der Waals surface area contributed by atoms with Crippen molar-refractivity contribution in [3.63, 3.8) is 0 Å². The highest BCUT2D eigenvalue weighted by atomic mass is 32.2. The molecule has 0 aliphatic carbocycles. The van der Waals surface area contributed by atoms with Crippen LogP contribution in [0.25, 0.3) is 0 Å². The summed E-state index contributed by atoms with van der Waals surface area (Å²) < 4.78 is 22.8. The normalized spacial score (nSPS) is 18.9. The lowest BCUT2D eigenvalue weighted by molar-refractivity contribution is -0.123. The van der Waals surface area contributed by atoms with Crippen molar-refractivity contribution in [2.24, 2.45) is 0 Å². The van der Waals surface area contributed by atoms with Crippen molar-refractivity contribution in [1.29, 1.82) is 5.26 Å². The lowest BCUT2D eigenvalue weighted by Gasteiger charge is -2.22. The Labute approximate surface area is 134 Å². The van der Waals surface area contributed by atoms with Gasteiger partial charge in [0.05, 0.1) is 22.8 Å². The van der Waals surface area contributed by atoms with Crippen molar-refractivity contribution in [2.45, 2.75) is 19.4 Å². The second-order valence-electron chi connectivity index (χ2n) is 5.40. The minimum atomic E-state index is -3.09. The topological polar surface area (TPSA) is 107 Å². The molecular formula is C15H17N3O4S. The first-order valence-electron chi connectivity index (χ1n) is 7.09. The first-order chi connectivity index (χ1) is 10.8. The molecule has 1 unspecified atom stereocenters. The van der Waals surface area contributed by atoms with Crippen molar-refractivity contribution < 1.29 is 18.0 Å². The molecule has 0 bridgehead atoms. The van der Waals surface area contributed by atoms with Crippen LogP contribution in [0, 0.1) is 11.3 Å². The fraction of sp³-hybridized carbons (Fsp3) is 0.400. The van der Waals surface area contributed by atoms with E-state index in [1.165, 1.54) is 11.8 Å². The maximum atomic E-state index is 12.1. The number of hydrogen-bond donors (Lipinski definition) is 1. The molecule has 122 valence electrons. The Balaban J connectivity index is 2.10. The molecular weight excluding hydrogens is 318 g/mol. The summed E-state index contributed by atoms with van der Waals surface area (Å²) in [5, 5.41) is 11.7. The van der Waals surface area contributed by atoms with E-state index >= 15 is 0 Å². The van der Waals surface area contributed by atoms with E-state index in [4.69, 9.17) is 5.26 Å².